The number of hydrogen-bond acceptors (Lipinski definition) is 1. The van der Waals surface area contributed by atoms with Crippen LogP contribution in [0, 0.1) is 13.8 Å². The molecule has 1 aliphatic carbocycles. The lowest BCUT2D eigenvalue weighted by Gasteiger charge is -2.06. The fraction of sp³-hybridized carbons (Fsp3) is 0.200. The van der Waals surface area contributed by atoms with Crippen LogP contribution in [0.2, 0.25) is 0 Å². The summed E-state index contributed by atoms with van der Waals surface area (Å²) in [6, 6.07) is 15.2. The second-order valence-electron chi connectivity index (χ2n) is 6.19. The molecule has 3 aromatic rings. The van der Waals surface area contributed by atoms with Crippen LogP contribution in [0.25, 0.3) is 22.5 Å². The highest BCUT2D eigenvalue weighted by Crippen LogP contribution is 2.35. The number of benzene rings is 2. The molecule has 0 bridgehead atoms. The van der Waals surface area contributed by atoms with Gasteiger partial charge in [-0.05, 0) is 41.6 Å². The highest BCUT2D eigenvalue weighted by molar-refractivity contribution is 5.75. The maximum Gasteiger partial charge on any atom is 0.330 e. The smallest absolute Gasteiger partial charge is 0.232 e. The molecule has 0 radical (unpaired) electrons. The monoisotopic (exact) mass is 287 g/mol. The molecule has 108 valence electrons. The molecule has 0 fully saturated rings. The largest absolute Gasteiger partial charge is 0.330 e. The molecule has 1 aromatic heterocycles. The van der Waals surface area contributed by atoms with Gasteiger partial charge in [0.2, 0.25) is 0 Å². The Morgan fingerprint density at radius 3 is 2.64 bits per heavy atom. The van der Waals surface area contributed by atoms with Crippen LogP contribution in [0.15, 0.2) is 48.7 Å². The van der Waals surface area contributed by atoms with Gasteiger partial charge in [-0.1, -0.05) is 42.0 Å². The normalized spacial score (nSPS) is 12.1. The highest BCUT2D eigenvalue weighted by Gasteiger charge is 2.28. The predicted molar refractivity (Wildman–Crippen MR) is 88.6 cm³/mol. The third-order valence-electron chi connectivity index (χ3n) is 4.51. The maximum absolute atomic E-state index is 5.00. The molecule has 0 amide bonds. The Kier molecular flexibility index (Phi) is 2.86. The Labute approximate surface area is 131 Å². The molecule has 2 heteroatoms. The van der Waals surface area contributed by atoms with E-state index in [1.165, 1.54) is 39.1 Å². The highest BCUT2D eigenvalue weighted by atomic mass is 15.0. The number of hydrogen-bond donors (Lipinski definition) is 0. The first kappa shape index (κ1) is 13.2. The molecule has 0 spiro atoms. The van der Waals surface area contributed by atoms with E-state index < -0.39 is 0 Å². The van der Waals surface area contributed by atoms with Crippen LogP contribution in [0.1, 0.15) is 22.4 Å². The van der Waals surface area contributed by atoms with Crippen LogP contribution in [0.4, 0.5) is 0 Å². The Morgan fingerprint density at radius 2 is 1.77 bits per heavy atom. The average Bonchev–Trinajstić information content (AvgIpc) is 2.87. The predicted octanol–water partition coefficient (Wildman–Crippen LogP) is 3.76. The fourth-order valence-corrected chi connectivity index (χ4v) is 3.30. The Hall–Kier alpha value is -2.48. The SMILES string of the molecule is Cc1ccc(C)c(-c2nc3c(c[n+]2C)-c2ccccc2C3)c1. The van der Waals surface area contributed by atoms with E-state index in [-0.39, 0.29) is 0 Å². The van der Waals surface area contributed by atoms with Gasteiger partial charge in [0.25, 0.3) is 0 Å². The second-order valence-corrected chi connectivity index (χ2v) is 6.19. The van der Waals surface area contributed by atoms with Gasteiger partial charge in [-0.25, -0.2) is 4.57 Å². The van der Waals surface area contributed by atoms with Gasteiger partial charge in [0.05, 0.1) is 18.2 Å². The zero-order chi connectivity index (χ0) is 15.3. The van der Waals surface area contributed by atoms with Crippen LogP contribution >= 0.6 is 0 Å². The lowest BCUT2D eigenvalue weighted by Crippen LogP contribution is -2.33. The van der Waals surface area contributed by atoms with Crippen molar-refractivity contribution in [2.24, 2.45) is 7.05 Å². The van der Waals surface area contributed by atoms with Crippen molar-refractivity contribution in [3.05, 3.63) is 71.0 Å². The summed E-state index contributed by atoms with van der Waals surface area (Å²) in [5.41, 5.74) is 8.93. The summed E-state index contributed by atoms with van der Waals surface area (Å²) in [4.78, 5) is 5.00. The molecule has 4 rings (SSSR count). The Bertz CT molecular complexity index is 894. The molecule has 0 atom stereocenters. The van der Waals surface area contributed by atoms with Gasteiger partial charge in [0.15, 0.2) is 5.69 Å². The van der Waals surface area contributed by atoms with E-state index >= 15 is 0 Å². The van der Waals surface area contributed by atoms with Crippen molar-refractivity contribution in [2.45, 2.75) is 20.3 Å². The number of aromatic nitrogens is 2. The third kappa shape index (κ3) is 1.95. The Balaban J connectivity index is 1.92. The van der Waals surface area contributed by atoms with Gasteiger partial charge < -0.3 is 0 Å². The van der Waals surface area contributed by atoms with Crippen LogP contribution in [0.5, 0.6) is 0 Å². The molecule has 22 heavy (non-hydrogen) atoms. The number of fused-ring (bicyclic) bond motifs is 3. The fourth-order valence-electron chi connectivity index (χ4n) is 3.30. The van der Waals surface area contributed by atoms with E-state index in [1.54, 1.807) is 0 Å². The first-order chi connectivity index (χ1) is 10.6. The van der Waals surface area contributed by atoms with Crippen molar-refractivity contribution in [3.63, 3.8) is 0 Å². The zero-order valence-electron chi connectivity index (χ0n) is 13.2. The number of rotatable bonds is 1. The van der Waals surface area contributed by atoms with E-state index in [0.29, 0.717) is 0 Å². The van der Waals surface area contributed by atoms with Crippen LogP contribution in [-0.2, 0) is 13.5 Å². The van der Waals surface area contributed by atoms with Gasteiger partial charge in [-0.15, -0.1) is 0 Å². The molecule has 0 N–H and O–H groups in total. The third-order valence-corrected chi connectivity index (χ3v) is 4.51. The van der Waals surface area contributed by atoms with E-state index in [9.17, 15) is 0 Å². The van der Waals surface area contributed by atoms with E-state index in [4.69, 9.17) is 4.98 Å². The summed E-state index contributed by atoms with van der Waals surface area (Å²) in [6.07, 6.45) is 3.16. The standard InChI is InChI=1S/C20H19N2/c1-13-8-9-14(2)17(10-13)20-21-19-11-15-6-4-5-7-16(15)18(19)12-22(20)3/h4-10,12H,11H2,1-3H3/q+1. The van der Waals surface area contributed by atoms with Gasteiger partial charge in [-0.3, -0.25) is 0 Å². The van der Waals surface area contributed by atoms with E-state index in [0.717, 1.165) is 12.2 Å². The average molecular weight is 287 g/mol. The van der Waals surface area contributed by atoms with Gasteiger partial charge in [-0.2, -0.15) is 0 Å². The van der Waals surface area contributed by atoms with Crippen molar-refractivity contribution in [1.29, 1.82) is 0 Å². The molecule has 1 aliphatic rings. The molecule has 2 aromatic carbocycles. The summed E-state index contributed by atoms with van der Waals surface area (Å²) in [6.45, 7) is 4.28. The van der Waals surface area contributed by atoms with Gasteiger partial charge in [0.1, 0.15) is 6.20 Å². The quantitative estimate of drug-likeness (QED) is 0.487. The molecular formula is C20H19N2+. The number of aryl methyl sites for hydroxylation is 3. The zero-order valence-corrected chi connectivity index (χ0v) is 13.2. The van der Waals surface area contributed by atoms with Gasteiger partial charge >= 0.3 is 5.82 Å². The first-order valence-electron chi connectivity index (χ1n) is 7.69. The summed E-state index contributed by atoms with van der Waals surface area (Å²) in [5.74, 6) is 1.05. The minimum atomic E-state index is 0.935. The molecule has 0 aliphatic heterocycles. The topological polar surface area (TPSA) is 16.8 Å². The van der Waals surface area contributed by atoms with Crippen molar-refractivity contribution in [2.75, 3.05) is 0 Å². The van der Waals surface area contributed by atoms with E-state index in [2.05, 4.69) is 74.1 Å². The molecule has 0 unspecified atom stereocenters. The van der Waals surface area contributed by atoms with Crippen LogP contribution in [-0.4, -0.2) is 4.98 Å². The van der Waals surface area contributed by atoms with E-state index in [1.807, 2.05) is 0 Å². The maximum atomic E-state index is 5.00. The van der Waals surface area contributed by atoms with Crippen molar-refractivity contribution in [3.8, 4) is 22.5 Å². The van der Waals surface area contributed by atoms with Crippen LogP contribution in [0.3, 0.4) is 0 Å². The molecule has 0 saturated carbocycles. The lowest BCUT2D eigenvalue weighted by atomic mass is 10.0. The van der Waals surface area contributed by atoms with Crippen LogP contribution < -0.4 is 4.57 Å². The Morgan fingerprint density at radius 1 is 0.955 bits per heavy atom. The van der Waals surface area contributed by atoms with Crippen molar-refractivity contribution in [1.82, 2.24) is 4.98 Å². The van der Waals surface area contributed by atoms with Gasteiger partial charge in [0, 0.05) is 6.42 Å². The van der Waals surface area contributed by atoms with Crippen molar-refractivity contribution < 1.29 is 4.57 Å². The molecule has 2 nitrogen and oxygen atoms in total. The summed E-state index contributed by atoms with van der Waals surface area (Å²) < 4.78 is 2.16. The molecule has 1 heterocycles. The first-order valence-corrected chi connectivity index (χ1v) is 7.69. The molecular weight excluding hydrogens is 268 g/mol. The van der Waals surface area contributed by atoms with Crippen molar-refractivity contribution >= 4 is 0 Å². The second kappa shape index (κ2) is 4.77. The number of nitrogens with zero attached hydrogens (tertiary/aromatic N) is 2. The molecule has 0 saturated heterocycles. The summed E-state index contributed by atoms with van der Waals surface area (Å²) in [7, 11) is 2.09. The summed E-state index contributed by atoms with van der Waals surface area (Å²) in [5, 5.41) is 0. The minimum absolute atomic E-state index is 0.935. The minimum Gasteiger partial charge on any atom is -0.232 e. The summed E-state index contributed by atoms with van der Waals surface area (Å²) >= 11 is 0. The lowest BCUT2D eigenvalue weighted by molar-refractivity contribution is -0.662.